The van der Waals surface area contributed by atoms with E-state index in [9.17, 15) is 9.59 Å². The maximum absolute atomic E-state index is 11.5. The fourth-order valence-corrected chi connectivity index (χ4v) is 0.676. The maximum Gasteiger partial charge on any atom is 3.00 e. The van der Waals surface area contributed by atoms with Gasteiger partial charge in [-0.2, -0.15) is 0 Å². The molecule has 0 amide bonds. The molecule has 0 aromatic carbocycles. The summed E-state index contributed by atoms with van der Waals surface area (Å²) in [5, 5.41) is 0. The second-order valence-corrected chi connectivity index (χ2v) is 5.52. The minimum absolute atomic E-state index is 0. The quantitative estimate of drug-likeness (QED) is 0.695. The van der Waals surface area contributed by atoms with E-state index in [0.29, 0.717) is 0 Å². The van der Waals surface area contributed by atoms with Gasteiger partial charge in [0.2, 0.25) is 0 Å². The number of hydrogen-bond donors (Lipinski definition) is 0. The van der Waals surface area contributed by atoms with Crippen LogP contribution >= 0.6 is 0 Å². The van der Waals surface area contributed by atoms with E-state index in [4.69, 9.17) is 0 Å². The largest absolute Gasteiger partial charge is 3.00 e. The number of carbonyl (C=O) groups excluding carboxylic acids is 2. The summed E-state index contributed by atoms with van der Waals surface area (Å²) in [5.41, 5.74) is -0.804. The molecule has 0 atom stereocenters. The van der Waals surface area contributed by atoms with Gasteiger partial charge in [-0.15, -0.1) is 0 Å². The molecule has 3 heteroatoms. The summed E-state index contributed by atoms with van der Waals surface area (Å²) in [6, 6.07) is 0. The number of Topliss-reactive ketones (excluding diaryl/α,β-unsaturated/α-hetero) is 2. The molecule has 0 bridgehead atoms. The Kier molecular flexibility index (Phi) is 6.07. The zero-order chi connectivity index (χ0) is 10.9. The van der Waals surface area contributed by atoms with Crippen molar-refractivity contribution in [1.82, 2.24) is 0 Å². The van der Waals surface area contributed by atoms with Crippen molar-refractivity contribution in [2.75, 3.05) is 0 Å². The minimum atomic E-state index is -0.402. The van der Waals surface area contributed by atoms with Crippen molar-refractivity contribution in [1.29, 1.82) is 0 Å². The molecule has 0 saturated heterocycles. The van der Waals surface area contributed by atoms with Gasteiger partial charge in [-0.25, -0.2) is 0 Å². The fourth-order valence-electron chi connectivity index (χ4n) is 0.676. The van der Waals surface area contributed by atoms with Gasteiger partial charge in [0.1, 0.15) is 11.6 Å². The van der Waals surface area contributed by atoms with E-state index in [1.54, 1.807) is 0 Å². The first kappa shape index (κ1) is 16.4. The van der Waals surface area contributed by atoms with Crippen molar-refractivity contribution in [3.05, 3.63) is 0 Å². The van der Waals surface area contributed by atoms with E-state index in [-0.39, 0.29) is 38.1 Å². The minimum Gasteiger partial charge on any atom is -0.299 e. The topological polar surface area (TPSA) is 34.1 Å². The summed E-state index contributed by atoms with van der Waals surface area (Å²) in [5.74, 6) is 0.0415. The molecule has 14 heavy (non-hydrogen) atoms. The first-order chi connectivity index (χ1) is 5.55. The number of carbonyl (C=O) groups is 2. The average Bonchev–Trinajstić information content (AvgIpc) is 1.82. The molecule has 0 fully saturated rings. The first-order valence-electron chi connectivity index (χ1n) is 4.62. The molecule has 0 N–H and O–H groups in total. The van der Waals surface area contributed by atoms with Crippen molar-refractivity contribution >= 4 is 11.6 Å². The maximum atomic E-state index is 11.5. The molecule has 0 aliphatic rings. The Morgan fingerprint density at radius 1 is 0.786 bits per heavy atom. The Hall–Kier alpha value is -0.0106. The second kappa shape index (κ2) is 5.18. The first-order valence-corrected chi connectivity index (χ1v) is 4.62. The summed E-state index contributed by atoms with van der Waals surface area (Å²) in [4.78, 5) is 23.0. The molecule has 0 aliphatic carbocycles. The van der Waals surface area contributed by atoms with Crippen molar-refractivity contribution < 1.29 is 29.7 Å². The van der Waals surface area contributed by atoms with E-state index in [1.807, 2.05) is 41.5 Å². The third-order valence-corrected chi connectivity index (χ3v) is 1.99. The molecule has 0 saturated carbocycles. The van der Waals surface area contributed by atoms with Crippen LogP contribution in [0.3, 0.4) is 0 Å². The molecule has 0 rings (SSSR count). The van der Waals surface area contributed by atoms with Gasteiger partial charge in [0.25, 0.3) is 0 Å². The van der Waals surface area contributed by atoms with E-state index >= 15 is 0 Å². The van der Waals surface area contributed by atoms with Gasteiger partial charge in [0, 0.05) is 10.8 Å². The molecular formula is C11H20IrO2+3. The molecule has 82 valence electrons. The number of hydrogen-bond acceptors (Lipinski definition) is 2. The zero-order valence-electron chi connectivity index (χ0n) is 9.86. The van der Waals surface area contributed by atoms with Gasteiger partial charge in [0.05, 0.1) is 6.42 Å². The fraction of sp³-hybridized carbons (Fsp3) is 0.818. The third kappa shape index (κ3) is 5.66. The summed E-state index contributed by atoms with van der Waals surface area (Å²) >= 11 is 0. The van der Waals surface area contributed by atoms with Crippen LogP contribution in [0.2, 0.25) is 0 Å². The van der Waals surface area contributed by atoms with Gasteiger partial charge in [0.15, 0.2) is 0 Å². The normalized spacial score (nSPS) is 11.9. The van der Waals surface area contributed by atoms with Gasteiger partial charge in [-0.3, -0.25) is 9.59 Å². The molecule has 0 unspecified atom stereocenters. The monoisotopic (exact) mass is 377 g/mol. The Balaban J connectivity index is 0. The van der Waals surface area contributed by atoms with Crippen LogP contribution in [0, 0.1) is 10.8 Å². The molecule has 0 aromatic rings. The van der Waals surface area contributed by atoms with Gasteiger partial charge in [-0.1, -0.05) is 41.5 Å². The van der Waals surface area contributed by atoms with Gasteiger partial charge < -0.3 is 0 Å². The Morgan fingerprint density at radius 3 is 1.14 bits per heavy atom. The Morgan fingerprint density at radius 2 is 1.00 bits per heavy atom. The van der Waals surface area contributed by atoms with Crippen LogP contribution in [0.5, 0.6) is 0 Å². The van der Waals surface area contributed by atoms with Crippen LogP contribution in [0.1, 0.15) is 48.0 Å². The average molecular weight is 376 g/mol. The van der Waals surface area contributed by atoms with Crippen LogP contribution in [-0.2, 0) is 29.7 Å². The molecule has 0 spiro atoms. The zero-order valence-corrected chi connectivity index (χ0v) is 12.3. The van der Waals surface area contributed by atoms with Crippen molar-refractivity contribution in [3.8, 4) is 0 Å². The van der Waals surface area contributed by atoms with Crippen LogP contribution in [0.15, 0.2) is 0 Å². The van der Waals surface area contributed by atoms with Gasteiger partial charge in [-0.05, 0) is 0 Å². The Labute approximate surface area is 100 Å². The summed E-state index contributed by atoms with van der Waals surface area (Å²) in [6.07, 6.45) is 0.0625. The summed E-state index contributed by atoms with van der Waals surface area (Å²) < 4.78 is 0. The predicted molar refractivity (Wildman–Crippen MR) is 53.5 cm³/mol. The molecule has 0 aromatic heterocycles. The van der Waals surface area contributed by atoms with E-state index in [0.717, 1.165) is 0 Å². The van der Waals surface area contributed by atoms with E-state index < -0.39 is 10.8 Å². The molecular weight excluding hydrogens is 356 g/mol. The molecule has 0 radical (unpaired) electrons. The number of rotatable bonds is 2. The van der Waals surface area contributed by atoms with Crippen LogP contribution < -0.4 is 0 Å². The van der Waals surface area contributed by atoms with Crippen LogP contribution in [0.4, 0.5) is 0 Å². The standard InChI is InChI=1S/C11H20O2.Ir/c1-10(2,3)8(12)7-9(13)11(4,5)6;/h7H2,1-6H3;/q;+3. The van der Waals surface area contributed by atoms with Crippen molar-refractivity contribution in [3.63, 3.8) is 0 Å². The molecule has 0 aliphatic heterocycles. The summed E-state index contributed by atoms with van der Waals surface area (Å²) in [6.45, 7) is 11.0. The molecule has 0 heterocycles. The SMILES string of the molecule is CC(C)(C)C(=O)CC(=O)C(C)(C)C.[Ir+3]. The Bertz CT molecular complexity index is 194. The molecule has 2 nitrogen and oxygen atoms in total. The van der Waals surface area contributed by atoms with E-state index in [1.165, 1.54) is 0 Å². The van der Waals surface area contributed by atoms with Crippen molar-refractivity contribution in [2.24, 2.45) is 10.8 Å². The third-order valence-electron chi connectivity index (χ3n) is 1.99. The smallest absolute Gasteiger partial charge is 0.299 e. The van der Waals surface area contributed by atoms with Crippen molar-refractivity contribution in [2.45, 2.75) is 48.0 Å². The van der Waals surface area contributed by atoms with Crippen LogP contribution in [0.25, 0.3) is 0 Å². The predicted octanol–water partition coefficient (Wildman–Crippen LogP) is 2.60. The van der Waals surface area contributed by atoms with E-state index in [2.05, 4.69) is 0 Å². The van der Waals surface area contributed by atoms with Crippen LogP contribution in [-0.4, -0.2) is 11.6 Å². The second-order valence-electron chi connectivity index (χ2n) is 5.52. The van der Waals surface area contributed by atoms with Gasteiger partial charge >= 0.3 is 20.1 Å². The number of ketones is 2. The summed E-state index contributed by atoms with van der Waals surface area (Å²) in [7, 11) is 0.